The van der Waals surface area contributed by atoms with Crippen molar-refractivity contribution in [2.75, 3.05) is 13.7 Å². The smallest absolute Gasteiger partial charge is 0.266 e. The fraction of sp³-hybridized carbons (Fsp3) is 0.250. The quantitative estimate of drug-likeness (QED) is 0.773. The van der Waals surface area contributed by atoms with Crippen LogP contribution in [0.2, 0.25) is 0 Å². The van der Waals surface area contributed by atoms with E-state index in [0.29, 0.717) is 17.3 Å². The minimum atomic E-state index is -0.676. The predicted molar refractivity (Wildman–Crippen MR) is 98.5 cm³/mol. The van der Waals surface area contributed by atoms with Crippen LogP contribution in [-0.2, 0) is 0 Å². The number of fused-ring (bicyclic) bond motifs is 1. The van der Waals surface area contributed by atoms with E-state index in [2.05, 4.69) is 10.3 Å². The molecule has 1 saturated heterocycles. The molecule has 1 fully saturated rings. The van der Waals surface area contributed by atoms with Crippen molar-refractivity contribution in [2.24, 2.45) is 0 Å². The molecule has 2 heterocycles. The number of aromatic nitrogens is 2. The molecule has 136 valence electrons. The number of ether oxygens (including phenoxy) is 1. The van der Waals surface area contributed by atoms with Crippen LogP contribution in [0.25, 0.3) is 16.6 Å². The molecular weight excluding hydrogens is 347 g/mol. The molecule has 1 N–H and O–H groups in total. The first-order valence-electron chi connectivity index (χ1n) is 8.66. The van der Waals surface area contributed by atoms with Crippen LogP contribution in [0.15, 0.2) is 41.2 Å². The van der Waals surface area contributed by atoms with Crippen LogP contribution in [0, 0.1) is 17.1 Å². The van der Waals surface area contributed by atoms with E-state index in [1.165, 1.54) is 10.6 Å². The maximum Gasteiger partial charge on any atom is 0.266 e. The summed E-state index contributed by atoms with van der Waals surface area (Å²) in [6.45, 7) is 0.836. The highest BCUT2D eigenvalue weighted by molar-refractivity contribution is 5.80. The summed E-state index contributed by atoms with van der Waals surface area (Å²) in [6, 6.07) is 11.2. The minimum Gasteiger partial charge on any atom is -0.497 e. The van der Waals surface area contributed by atoms with Crippen LogP contribution in [-0.4, -0.2) is 23.2 Å². The molecule has 1 aliphatic rings. The molecule has 7 heteroatoms. The van der Waals surface area contributed by atoms with E-state index in [-0.39, 0.29) is 28.1 Å². The zero-order valence-electron chi connectivity index (χ0n) is 14.7. The van der Waals surface area contributed by atoms with Gasteiger partial charge in [0.25, 0.3) is 5.56 Å². The van der Waals surface area contributed by atoms with Crippen molar-refractivity contribution >= 4 is 10.9 Å². The molecular formula is C20H17FN4O2. The standard InChI is InChI=1S/C20H17FN4O2/c1-27-14-6-4-13(5-7-14)25-19(17-3-2-8-23-17)24-18-10-16(21)12(11-22)9-15(18)20(25)26/h4-7,9-10,17,23H,2-3,8H2,1H3. The van der Waals surface area contributed by atoms with Crippen LogP contribution in [0.4, 0.5) is 4.39 Å². The molecule has 1 aliphatic heterocycles. The fourth-order valence-electron chi connectivity index (χ4n) is 3.43. The first-order valence-corrected chi connectivity index (χ1v) is 8.66. The van der Waals surface area contributed by atoms with Gasteiger partial charge in [-0.3, -0.25) is 9.36 Å². The number of halogens is 1. The van der Waals surface area contributed by atoms with Gasteiger partial charge in [0.05, 0.1) is 35.3 Å². The zero-order valence-corrected chi connectivity index (χ0v) is 14.7. The van der Waals surface area contributed by atoms with Gasteiger partial charge in [-0.2, -0.15) is 5.26 Å². The first kappa shape index (κ1) is 17.2. The molecule has 1 aromatic heterocycles. The lowest BCUT2D eigenvalue weighted by molar-refractivity contribution is 0.414. The number of hydrogen-bond acceptors (Lipinski definition) is 5. The topological polar surface area (TPSA) is 79.9 Å². The van der Waals surface area contributed by atoms with Crippen molar-refractivity contribution in [3.63, 3.8) is 0 Å². The monoisotopic (exact) mass is 364 g/mol. The third kappa shape index (κ3) is 2.94. The molecule has 6 nitrogen and oxygen atoms in total. The van der Waals surface area contributed by atoms with Crippen molar-refractivity contribution in [3.8, 4) is 17.5 Å². The number of hydrogen-bond donors (Lipinski definition) is 1. The maximum absolute atomic E-state index is 14.1. The summed E-state index contributed by atoms with van der Waals surface area (Å²) >= 11 is 0. The SMILES string of the molecule is COc1ccc(-n2c(C3CCCN3)nc3cc(F)c(C#N)cc3c2=O)cc1. The largest absolute Gasteiger partial charge is 0.497 e. The third-order valence-corrected chi connectivity index (χ3v) is 4.81. The van der Waals surface area contributed by atoms with Gasteiger partial charge in [-0.25, -0.2) is 9.37 Å². The lowest BCUT2D eigenvalue weighted by atomic mass is 10.1. The van der Waals surface area contributed by atoms with Crippen molar-refractivity contribution < 1.29 is 9.13 Å². The van der Waals surface area contributed by atoms with E-state index in [4.69, 9.17) is 10.00 Å². The number of nitrogens with one attached hydrogen (secondary N) is 1. The summed E-state index contributed by atoms with van der Waals surface area (Å²) < 4.78 is 20.8. The number of nitrogens with zero attached hydrogens (tertiary/aromatic N) is 3. The number of rotatable bonds is 3. The van der Waals surface area contributed by atoms with Crippen LogP contribution in [0.5, 0.6) is 5.75 Å². The van der Waals surface area contributed by atoms with Gasteiger partial charge in [0.15, 0.2) is 0 Å². The number of methoxy groups -OCH3 is 1. The summed E-state index contributed by atoms with van der Waals surface area (Å²) in [5.74, 6) is 0.540. The summed E-state index contributed by atoms with van der Waals surface area (Å²) in [5.41, 5.74) is 0.395. The maximum atomic E-state index is 14.1. The molecule has 3 aromatic rings. The van der Waals surface area contributed by atoms with Gasteiger partial charge in [-0.1, -0.05) is 0 Å². The molecule has 0 spiro atoms. The average Bonchev–Trinajstić information content (AvgIpc) is 3.22. The second kappa shape index (κ2) is 6.82. The van der Waals surface area contributed by atoms with Crippen molar-refractivity contribution in [2.45, 2.75) is 18.9 Å². The molecule has 0 saturated carbocycles. The van der Waals surface area contributed by atoms with Crippen LogP contribution < -0.4 is 15.6 Å². The summed E-state index contributed by atoms with van der Waals surface area (Å²) in [5, 5.41) is 12.7. The Kier molecular flexibility index (Phi) is 4.34. The minimum absolute atomic E-state index is 0.0945. The Labute approximate surface area is 154 Å². The van der Waals surface area contributed by atoms with Crippen molar-refractivity contribution in [1.82, 2.24) is 14.9 Å². The van der Waals surface area contributed by atoms with E-state index < -0.39 is 5.82 Å². The van der Waals surface area contributed by atoms with Gasteiger partial charge >= 0.3 is 0 Å². The van der Waals surface area contributed by atoms with E-state index in [9.17, 15) is 9.18 Å². The molecule has 0 radical (unpaired) electrons. The third-order valence-electron chi connectivity index (χ3n) is 4.81. The van der Waals surface area contributed by atoms with E-state index in [1.54, 1.807) is 37.4 Å². The first-order chi connectivity index (χ1) is 13.1. The Morgan fingerprint density at radius 3 is 2.74 bits per heavy atom. The molecule has 0 aliphatic carbocycles. The van der Waals surface area contributed by atoms with Crippen molar-refractivity contribution in [3.05, 3.63) is 64.0 Å². The van der Waals surface area contributed by atoms with Gasteiger partial charge < -0.3 is 10.1 Å². The zero-order chi connectivity index (χ0) is 19.0. The molecule has 0 amide bonds. The number of nitriles is 1. The van der Waals surface area contributed by atoms with Gasteiger partial charge in [0.1, 0.15) is 23.5 Å². The molecule has 0 bridgehead atoms. The van der Waals surface area contributed by atoms with Gasteiger partial charge in [-0.05, 0) is 49.7 Å². The number of benzene rings is 2. The van der Waals surface area contributed by atoms with Gasteiger partial charge in [0.2, 0.25) is 0 Å². The molecule has 2 aromatic carbocycles. The second-order valence-corrected chi connectivity index (χ2v) is 6.42. The fourth-order valence-corrected chi connectivity index (χ4v) is 3.43. The summed E-state index contributed by atoms with van der Waals surface area (Å²) in [7, 11) is 1.57. The highest BCUT2D eigenvalue weighted by Crippen LogP contribution is 2.26. The molecule has 1 atom stereocenters. The lowest BCUT2D eigenvalue weighted by Crippen LogP contribution is -2.29. The summed E-state index contributed by atoms with van der Waals surface area (Å²) in [4.78, 5) is 17.9. The normalized spacial score (nSPS) is 16.4. The van der Waals surface area contributed by atoms with Gasteiger partial charge in [-0.15, -0.1) is 0 Å². The highest BCUT2D eigenvalue weighted by Gasteiger charge is 2.24. The van der Waals surface area contributed by atoms with Crippen molar-refractivity contribution in [1.29, 1.82) is 5.26 Å². The Morgan fingerprint density at radius 2 is 2.11 bits per heavy atom. The average molecular weight is 364 g/mol. The van der Waals surface area contributed by atoms with E-state index >= 15 is 0 Å². The Hall–Kier alpha value is -3.24. The Bertz CT molecular complexity index is 1110. The Balaban J connectivity index is 2.02. The molecule has 27 heavy (non-hydrogen) atoms. The molecule has 1 unspecified atom stereocenters. The van der Waals surface area contributed by atoms with Crippen LogP contribution in [0.1, 0.15) is 30.3 Å². The lowest BCUT2D eigenvalue weighted by Gasteiger charge is -2.18. The molecule has 4 rings (SSSR count). The van der Waals surface area contributed by atoms with Gasteiger partial charge in [0, 0.05) is 6.07 Å². The second-order valence-electron chi connectivity index (χ2n) is 6.42. The van der Waals surface area contributed by atoms with Crippen LogP contribution in [0.3, 0.4) is 0 Å². The predicted octanol–water partition coefficient (Wildman–Crippen LogP) is 2.83. The highest BCUT2D eigenvalue weighted by atomic mass is 19.1. The van der Waals surface area contributed by atoms with Crippen LogP contribution >= 0.6 is 0 Å². The summed E-state index contributed by atoms with van der Waals surface area (Å²) in [6.07, 6.45) is 1.82. The van der Waals surface area contributed by atoms with E-state index in [1.807, 2.05) is 0 Å². The van der Waals surface area contributed by atoms with E-state index in [0.717, 1.165) is 25.5 Å². The Morgan fingerprint density at radius 1 is 1.33 bits per heavy atom.